The topological polar surface area (TPSA) is 20.3 Å². The van der Waals surface area contributed by atoms with E-state index in [4.69, 9.17) is 0 Å². The van der Waals surface area contributed by atoms with E-state index in [9.17, 15) is 22.4 Å². The van der Waals surface area contributed by atoms with Crippen molar-refractivity contribution in [3.8, 4) is 0 Å². The number of carbonyl (C=O) groups is 1. The second-order valence-electron chi connectivity index (χ2n) is 3.48. The zero-order valence-electron chi connectivity index (χ0n) is 9.32. The van der Waals surface area contributed by atoms with Crippen molar-refractivity contribution in [3.05, 3.63) is 43.0 Å². The van der Waals surface area contributed by atoms with Crippen molar-refractivity contribution in [3.63, 3.8) is 0 Å². The normalized spacial score (nSPS) is 12.9. The first-order valence-corrected chi connectivity index (χ1v) is 5.06. The predicted octanol–water partition coefficient (Wildman–Crippen LogP) is 3.11. The molecule has 0 heterocycles. The Morgan fingerprint density at radius 1 is 1.33 bits per heavy atom. The van der Waals surface area contributed by atoms with Gasteiger partial charge in [0, 0.05) is 12.2 Å². The van der Waals surface area contributed by atoms with E-state index in [1.54, 1.807) is 18.2 Å². The van der Waals surface area contributed by atoms with E-state index in [2.05, 4.69) is 6.58 Å². The van der Waals surface area contributed by atoms with E-state index in [0.717, 1.165) is 0 Å². The van der Waals surface area contributed by atoms with Gasteiger partial charge in [-0.15, -0.1) is 6.58 Å². The number of amides is 1. The summed E-state index contributed by atoms with van der Waals surface area (Å²) in [5.41, 5.74) is 0.189. The number of halogens is 4. The smallest absolute Gasteiger partial charge is 0.306 e. The summed E-state index contributed by atoms with van der Waals surface area (Å²) in [4.78, 5) is 12.2. The van der Waals surface area contributed by atoms with Crippen LogP contribution in [0, 0.1) is 0 Å². The monoisotopic (exact) mass is 261 g/mol. The zero-order valence-corrected chi connectivity index (χ0v) is 9.32. The molecule has 98 valence electrons. The number of benzene rings is 1. The molecular weight excluding hydrogens is 250 g/mol. The molecule has 1 unspecified atom stereocenters. The lowest BCUT2D eigenvalue weighted by Crippen LogP contribution is -2.44. The minimum Gasteiger partial charge on any atom is -0.306 e. The molecule has 0 aliphatic rings. The molecule has 0 bridgehead atoms. The number of alkyl halides is 4. The molecule has 0 spiro atoms. The van der Waals surface area contributed by atoms with E-state index in [1.165, 1.54) is 18.2 Å². The summed E-state index contributed by atoms with van der Waals surface area (Å²) in [6.45, 7) is 3.14. The fourth-order valence-electron chi connectivity index (χ4n) is 1.34. The van der Waals surface area contributed by atoms with Gasteiger partial charge in [0.15, 0.2) is 0 Å². The third-order valence-electron chi connectivity index (χ3n) is 2.15. The van der Waals surface area contributed by atoms with Crippen LogP contribution in [0.1, 0.15) is 0 Å². The van der Waals surface area contributed by atoms with Crippen molar-refractivity contribution in [2.75, 3.05) is 11.4 Å². The van der Waals surface area contributed by atoms with Crippen LogP contribution in [0.4, 0.5) is 23.2 Å². The molecule has 1 amide bonds. The molecule has 6 heteroatoms. The van der Waals surface area contributed by atoms with E-state index in [1.807, 2.05) is 0 Å². The van der Waals surface area contributed by atoms with Crippen LogP contribution in [0.25, 0.3) is 0 Å². The number of carbonyl (C=O) groups excluding carboxylic acids is 1. The molecule has 1 rings (SSSR count). The number of hydrogen-bond acceptors (Lipinski definition) is 1. The summed E-state index contributed by atoms with van der Waals surface area (Å²) in [5.74, 6) is -1.64. The van der Waals surface area contributed by atoms with Gasteiger partial charge in [-0.1, -0.05) is 24.3 Å². The first-order chi connectivity index (χ1) is 8.38. The Kier molecular flexibility index (Phi) is 4.47. The molecule has 0 radical (unpaired) electrons. The summed E-state index contributed by atoms with van der Waals surface area (Å²) in [6.07, 6.45) is -7.50. The molecule has 0 aliphatic heterocycles. The quantitative estimate of drug-likeness (QED) is 0.602. The van der Waals surface area contributed by atoms with Gasteiger partial charge in [0.1, 0.15) is 0 Å². The van der Waals surface area contributed by atoms with Gasteiger partial charge in [0.25, 0.3) is 12.1 Å². The molecule has 0 fully saturated rings. The maximum Gasteiger partial charge on any atom is 0.428 e. The largest absolute Gasteiger partial charge is 0.428 e. The maximum absolute atomic E-state index is 13.0. The molecule has 0 saturated carbocycles. The molecule has 0 saturated heterocycles. The highest BCUT2D eigenvalue weighted by Crippen LogP contribution is 2.26. The van der Waals surface area contributed by atoms with Crippen molar-refractivity contribution in [1.29, 1.82) is 0 Å². The minimum absolute atomic E-state index is 0.189. The second kappa shape index (κ2) is 5.66. The van der Waals surface area contributed by atoms with Gasteiger partial charge in [-0.2, -0.15) is 13.2 Å². The Morgan fingerprint density at radius 3 is 2.33 bits per heavy atom. The fourth-order valence-corrected chi connectivity index (χ4v) is 1.34. The number of nitrogens with zero attached hydrogens (tertiary/aromatic N) is 1. The van der Waals surface area contributed by atoms with Crippen LogP contribution in [-0.2, 0) is 4.79 Å². The SMILES string of the molecule is C=CCN(C(=O)C(F)C(F)(F)F)c1ccccc1. The predicted molar refractivity (Wildman–Crippen MR) is 59.9 cm³/mol. The molecule has 0 aliphatic carbocycles. The number of rotatable bonds is 4. The van der Waals surface area contributed by atoms with Gasteiger partial charge in [-0.25, -0.2) is 4.39 Å². The van der Waals surface area contributed by atoms with Crippen molar-refractivity contribution >= 4 is 11.6 Å². The number of hydrogen-bond donors (Lipinski definition) is 0. The first-order valence-electron chi connectivity index (χ1n) is 5.06. The van der Waals surface area contributed by atoms with Crippen molar-refractivity contribution in [2.45, 2.75) is 12.3 Å². The third-order valence-corrected chi connectivity index (χ3v) is 2.15. The van der Waals surface area contributed by atoms with Gasteiger partial charge < -0.3 is 4.90 Å². The van der Waals surface area contributed by atoms with Crippen LogP contribution in [0.5, 0.6) is 0 Å². The van der Waals surface area contributed by atoms with Crippen LogP contribution in [0.15, 0.2) is 43.0 Å². The van der Waals surface area contributed by atoms with Crippen molar-refractivity contribution < 1.29 is 22.4 Å². The van der Waals surface area contributed by atoms with Gasteiger partial charge in [0.05, 0.1) is 0 Å². The molecule has 1 aromatic carbocycles. The number of para-hydroxylation sites is 1. The lowest BCUT2D eigenvalue weighted by molar-refractivity contribution is -0.185. The molecule has 1 aromatic rings. The van der Waals surface area contributed by atoms with Gasteiger partial charge in [-0.05, 0) is 12.1 Å². The lowest BCUT2D eigenvalue weighted by Gasteiger charge is -2.23. The Bertz CT molecular complexity index is 416. The van der Waals surface area contributed by atoms with E-state index in [0.29, 0.717) is 4.90 Å². The average Bonchev–Trinajstić information content (AvgIpc) is 2.34. The van der Waals surface area contributed by atoms with Crippen LogP contribution in [0.2, 0.25) is 0 Å². The Morgan fingerprint density at radius 2 is 1.89 bits per heavy atom. The molecule has 0 N–H and O–H groups in total. The Hall–Kier alpha value is -1.85. The summed E-state index contributed by atoms with van der Waals surface area (Å²) in [7, 11) is 0. The summed E-state index contributed by atoms with van der Waals surface area (Å²) >= 11 is 0. The minimum atomic E-state index is -5.20. The van der Waals surface area contributed by atoms with Crippen molar-refractivity contribution in [2.24, 2.45) is 0 Å². The van der Waals surface area contributed by atoms with Gasteiger partial charge >= 0.3 is 6.18 Å². The summed E-state index contributed by atoms with van der Waals surface area (Å²) in [6, 6.07) is 7.56. The Labute approximate surface area is 102 Å². The highest BCUT2D eigenvalue weighted by atomic mass is 19.4. The highest BCUT2D eigenvalue weighted by Gasteiger charge is 2.47. The molecule has 2 nitrogen and oxygen atoms in total. The van der Waals surface area contributed by atoms with E-state index in [-0.39, 0.29) is 12.2 Å². The van der Waals surface area contributed by atoms with Crippen LogP contribution in [-0.4, -0.2) is 24.8 Å². The lowest BCUT2D eigenvalue weighted by atomic mass is 10.2. The standard InChI is InChI=1S/C12H11F4NO/c1-2-8-17(9-6-4-3-5-7-9)11(18)10(13)12(14,15)16/h2-7,10H,1,8H2. The van der Waals surface area contributed by atoms with Crippen LogP contribution < -0.4 is 4.90 Å². The van der Waals surface area contributed by atoms with Gasteiger partial charge in [-0.3, -0.25) is 4.79 Å². The molecular formula is C12H11F4NO. The fraction of sp³-hybridized carbons (Fsp3) is 0.250. The average molecular weight is 261 g/mol. The molecule has 0 aromatic heterocycles. The van der Waals surface area contributed by atoms with Crippen LogP contribution >= 0.6 is 0 Å². The second-order valence-corrected chi connectivity index (χ2v) is 3.48. The third kappa shape index (κ3) is 3.32. The van der Waals surface area contributed by atoms with Gasteiger partial charge in [0.2, 0.25) is 0 Å². The van der Waals surface area contributed by atoms with Crippen LogP contribution in [0.3, 0.4) is 0 Å². The number of anilines is 1. The Balaban J connectivity index is 3.00. The van der Waals surface area contributed by atoms with Crippen molar-refractivity contribution in [1.82, 2.24) is 0 Å². The summed E-state index contributed by atoms with van der Waals surface area (Å²) in [5, 5.41) is 0. The molecule has 18 heavy (non-hydrogen) atoms. The van der Waals surface area contributed by atoms with E-state index < -0.39 is 18.3 Å². The zero-order chi connectivity index (χ0) is 13.8. The first kappa shape index (κ1) is 14.2. The highest BCUT2D eigenvalue weighted by molar-refractivity contribution is 5.97. The van der Waals surface area contributed by atoms with E-state index >= 15 is 0 Å². The summed E-state index contributed by atoms with van der Waals surface area (Å²) < 4.78 is 49.5. The molecule has 1 atom stereocenters. The maximum atomic E-state index is 13.0.